The van der Waals surface area contributed by atoms with Gasteiger partial charge in [-0.1, -0.05) is 12.1 Å². The zero-order valence-corrected chi connectivity index (χ0v) is 11.2. The second-order valence-electron chi connectivity index (χ2n) is 3.95. The minimum absolute atomic E-state index is 0.00429. The van der Waals surface area contributed by atoms with Gasteiger partial charge < -0.3 is 0 Å². The Morgan fingerprint density at radius 2 is 2.10 bits per heavy atom. The topological polar surface area (TPSA) is 84.6 Å². The fourth-order valence-corrected chi connectivity index (χ4v) is 2.10. The molecule has 0 saturated carbocycles. The number of rotatable bonds is 5. The molecule has 0 bridgehead atoms. The van der Waals surface area contributed by atoms with Crippen LogP contribution in [0, 0.1) is 10.1 Å². The number of amides is 1. The number of nitrogens with zero attached hydrogens (tertiary/aromatic N) is 2. The van der Waals surface area contributed by atoms with Gasteiger partial charge in [0.15, 0.2) is 0 Å². The number of carbonyl (C=O) groups is 1. The molecule has 0 fully saturated rings. The van der Waals surface area contributed by atoms with E-state index >= 15 is 0 Å². The van der Waals surface area contributed by atoms with Crippen LogP contribution in [0.25, 0.3) is 0 Å². The monoisotopic (exact) mass is 289 g/mol. The SMILES string of the molecule is O=C(Cc1ccc([N+](=O)[O-])cc1)N/N=C/c1ccsc1. The number of nitro benzene ring substituents is 1. The highest BCUT2D eigenvalue weighted by Gasteiger charge is 2.06. The predicted molar refractivity (Wildman–Crippen MR) is 76.9 cm³/mol. The zero-order chi connectivity index (χ0) is 14.4. The molecule has 2 aromatic rings. The number of nitro groups is 1. The average Bonchev–Trinajstić information content (AvgIpc) is 2.92. The Hall–Kier alpha value is -2.54. The fraction of sp³-hybridized carbons (Fsp3) is 0.0769. The highest BCUT2D eigenvalue weighted by atomic mass is 32.1. The van der Waals surface area contributed by atoms with Crippen LogP contribution in [-0.2, 0) is 11.2 Å². The van der Waals surface area contributed by atoms with Crippen molar-refractivity contribution in [3.8, 4) is 0 Å². The van der Waals surface area contributed by atoms with E-state index in [-0.39, 0.29) is 18.0 Å². The number of benzene rings is 1. The molecule has 6 nitrogen and oxygen atoms in total. The van der Waals surface area contributed by atoms with Crippen LogP contribution in [0.5, 0.6) is 0 Å². The van der Waals surface area contributed by atoms with Gasteiger partial charge in [0.2, 0.25) is 5.91 Å². The molecular weight excluding hydrogens is 278 g/mol. The molecule has 1 N–H and O–H groups in total. The van der Waals surface area contributed by atoms with Crippen molar-refractivity contribution in [1.82, 2.24) is 5.43 Å². The number of hydrogen-bond acceptors (Lipinski definition) is 5. The molecule has 1 aromatic heterocycles. The summed E-state index contributed by atoms with van der Waals surface area (Å²) in [5.41, 5.74) is 4.03. The Bertz CT molecular complexity index is 621. The summed E-state index contributed by atoms with van der Waals surface area (Å²) in [7, 11) is 0. The van der Waals surface area contributed by atoms with E-state index in [1.807, 2.05) is 16.8 Å². The first-order valence-electron chi connectivity index (χ1n) is 5.72. The average molecular weight is 289 g/mol. The molecule has 1 aromatic carbocycles. The molecule has 1 heterocycles. The van der Waals surface area contributed by atoms with Gasteiger partial charge in [0.1, 0.15) is 0 Å². The van der Waals surface area contributed by atoms with Crippen molar-refractivity contribution < 1.29 is 9.72 Å². The van der Waals surface area contributed by atoms with E-state index in [1.54, 1.807) is 29.7 Å². The lowest BCUT2D eigenvalue weighted by Gasteiger charge is -2.00. The van der Waals surface area contributed by atoms with Gasteiger partial charge in [-0.3, -0.25) is 14.9 Å². The molecule has 1 amide bonds. The summed E-state index contributed by atoms with van der Waals surface area (Å²) < 4.78 is 0. The van der Waals surface area contributed by atoms with Crippen LogP contribution in [-0.4, -0.2) is 17.0 Å². The van der Waals surface area contributed by atoms with E-state index in [0.29, 0.717) is 5.56 Å². The van der Waals surface area contributed by atoms with E-state index in [0.717, 1.165) is 5.56 Å². The van der Waals surface area contributed by atoms with Crippen LogP contribution < -0.4 is 5.43 Å². The highest BCUT2D eigenvalue weighted by molar-refractivity contribution is 7.08. The first-order valence-corrected chi connectivity index (χ1v) is 6.67. The van der Waals surface area contributed by atoms with Crippen molar-refractivity contribution in [3.63, 3.8) is 0 Å². The molecule has 0 radical (unpaired) electrons. The van der Waals surface area contributed by atoms with Gasteiger partial charge in [0.05, 0.1) is 17.6 Å². The molecule has 0 aliphatic rings. The Balaban J connectivity index is 1.86. The molecule has 0 aliphatic heterocycles. The first-order chi connectivity index (χ1) is 9.65. The smallest absolute Gasteiger partial charge is 0.269 e. The number of thiophene rings is 1. The zero-order valence-electron chi connectivity index (χ0n) is 10.4. The Morgan fingerprint density at radius 1 is 1.35 bits per heavy atom. The van der Waals surface area contributed by atoms with Gasteiger partial charge >= 0.3 is 0 Å². The summed E-state index contributed by atoms with van der Waals surface area (Å²) in [6.45, 7) is 0. The molecule has 20 heavy (non-hydrogen) atoms. The summed E-state index contributed by atoms with van der Waals surface area (Å²) in [5, 5.41) is 18.2. The number of non-ortho nitro benzene ring substituents is 1. The van der Waals surface area contributed by atoms with Gasteiger partial charge in [-0.05, 0) is 22.4 Å². The third-order valence-corrected chi connectivity index (χ3v) is 3.16. The minimum atomic E-state index is -0.477. The van der Waals surface area contributed by atoms with Crippen LogP contribution in [0.3, 0.4) is 0 Å². The lowest BCUT2D eigenvalue weighted by Crippen LogP contribution is -2.19. The summed E-state index contributed by atoms with van der Waals surface area (Å²) in [6.07, 6.45) is 1.68. The lowest BCUT2D eigenvalue weighted by atomic mass is 10.1. The summed E-state index contributed by atoms with van der Waals surface area (Å²) in [4.78, 5) is 21.6. The molecule has 0 aliphatic carbocycles. The Labute approximate surface area is 118 Å². The third-order valence-electron chi connectivity index (χ3n) is 2.46. The molecular formula is C13H11N3O3S. The standard InChI is InChI=1S/C13H11N3O3S/c17-13(15-14-8-11-5-6-20-9-11)7-10-1-3-12(4-2-10)16(18)19/h1-6,8-9H,7H2,(H,15,17)/b14-8+. The molecule has 0 atom stereocenters. The maximum Gasteiger partial charge on any atom is 0.269 e. The van der Waals surface area contributed by atoms with Crippen LogP contribution >= 0.6 is 11.3 Å². The second kappa shape index (κ2) is 6.58. The van der Waals surface area contributed by atoms with Crippen molar-refractivity contribution in [2.45, 2.75) is 6.42 Å². The number of hydrazone groups is 1. The van der Waals surface area contributed by atoms with Crippen molar-refractivity contribution in [3.05, 3.63) is 62.3 Å². The number of hydrogen-bond donors (Lipinski definition) is 1. The molecule has 0 unspecified atom stereocenters. The second-order valence-corrected chi connectivity index (χ2v) is 4.73. The van der Waals surface area contributed by atoms with Gasteiger partial charge in [-0.2, -0.15) is 16.4 Å². The van der Waals surface area contributed by atoms with Crippen molar-refractivity contribution in [2.24, 2.45) is 5.10 Å². The van der Waals surface area contributed by atoms with Gasteiger partial charge in [-0.15, -0.1) is 0 Å². The molecule has 0 saturated heterocycles. The molecule has 102 valence electrons. The summed E-state index contributed by atoms with van der Waals surface area (Å²) >= 11 is 1.55. The van der Waals surface area contributed by atoms with Crippen molar-refractivity contribution >= 4 is 29.1 Å². The predicted octanol–water partition coefficient (Wildman–Crippen LogP) is 2.35. The quantitative estimate of drug-likeness (QED) is 0.521. The third kappa shape index (κ3) is 3.99. The first kappa shape index (κ1) is 13.9. The number of carbonyl (C=O) groups excluding carboxylic acids is 1. The van der Waals surface area contributed by atoms with E-state index in [4.69, 9.17) is 0 Å². The highest BCUT2D eigenvalue weighted by Crippen LogP contribution is 2.12. The minimum Gasteiger partial charge on any atom is -0.273 e. The van der Waals surface area contributed by atoms with E-state index < -0.39 is 4.92 Å². The van der Waals surface area contributed by atoms with Crippen LogP contribution in [0.2, 0.25) is 0 Å². The van der Waals surface area contributed by atoms with E-state index in [9.17, 15) is 14.9 Å². The van der Waals surface area contributed by atoms with E-state index in [2.05, 4.69) is 10.5 Å². The Kier molecular flexibility index (Phi) is 4.56. The maximum absolute atomic E-state index is 11.6. The molecule has 2 rings (SSSR count). The van der Waals surface area contributed by atoms with Crippen LogP contribution in [0.15, 0.2) is 46.2 Å². The largest absolute Gasteiger partial charge is 0.273 e. The van der Waals surface area contributed by atoms with Crippen molar-refractivity contribution in [1.29, 1.82) is 0 Å². The van der Waals surface area contributed by atoms with Gasteiger partial charge in [0, 0.05) is 17.7 Å². The lowest BCUT2D eigenvalue weighted by molar-refractivity contribution is -0.384. The van der Waals surface area contributed by atoms with Crippen LogP contribution in [0.1, 0.15) is 11.1 Å². The summed E-state index contributed by atoms with van der Waals surface area (Å²) in [6, 6.07) is 7.74. The number of nitrogens with one attached hydrogen (secondary N) is 1. The fourth-order valence-electron chi connectivity index (χ4n) is 1.49. The Morgan fingerprint density at radius 3 is 2.70 bits per heavy atom. The molecule has 7 heteroatoms. The van der Waals surface area contributed by atoms with Crippen LogP contribution in [0.4, 0.5) is 5.69 Å². The van der Waals surface area contributed by atoms with Crippen molar-refractivity contribution in [2.75, 3.05) is 0 Å². The summed E-state index contributed by atoms with van der Waals surface area (Å²) in [5.74, 6) is -0.273. The van der Waals surface area contributed by atoms with E-state index in [1.165, 1.54) is 12.1 Å². The molecule has 0 spiro atoms. The van der Waals surface area contributed by atoms with Gasteiger partial charge in [0.25, 0.3) is 5.69 Å². The maximum atomic E-state index is 11.6. The normalized spacial score (nSPS) is 10.6. The van der Waals surface area contributed by atoms with Gasteiger partial charge in [-0.25, -0.2) is 5.43 Å².